The lowest BCUT2D eigenvalue weighted by Crippen LogP contribution is -2.00. The van der Waals surface area contributed by atoms with Gasteiger partial charge in [-0.25, -0.2) is 9.97 Å². The lowest BCUT2D eigenvalue weighted by molar-refractivity contribution is 0.306. The number of nitrogens with zero attached hydrogens (tertiary/aromatic N) is 2. The number of H-pyrrole nitrogens is 1. The number of pyridine rings is 1. The number of ether oxygens (including phenoxy) is 1. The van der Waals surface area contributed by atoms with Crippen molar-refractivity contribution in [2.24, 2.45) is 5.92 Å². The summed E-state index contributed by atoms with van der Waals surface area (Å²) in [7, 11) is 0. The van der Waals surface area contributed by atoms with Crippen molar-refractivity contribution in [3.63, 3.8) is 0 Å². The first kappa shape index (κ1) is 22.2. The van der Waals surface area contributed by atoms with Crippen LogP contribution in [0.5, 0.6) is 5.75 Å². The normalized spacial score (nSPS) is 11.3. The largest absolute Gasteiger partial charge is 0.489 e. The van der Waals surface area contributed by atoms with E-state index < -0.39 is 0 Å². The van der Waals surface area contributed by atoms with Gasteiger partial charge >= 0.3 is 0 Å². The van der Waals surface area contributed by atoms with E-state index in [1.807, 2.05) is 60.8 Å². The molecule has 2 heterocycles. The number of rotatable bonds is 7. The van der Waals surface area contributed by atoms with Crippen LogP contribution in [0.1, 0.15) is 25.0 Å². The summed E-state index contributed by atoms with van der Waals surface area (Å²) in [5.41, 5.74) is 6.88. The number of aromatic amines is 1. The molecule has 4 nitrogen and oxygen atoms in total. The molecule has 0 aliphatic carbocycles. The van der Waals surface area contributed by atoms with Crippen LogP contribution < -0.4 is 4.74 Å². The Morgan fingerprint density at radius 2 is 1.71 bits per heavy atom. The Morgan fingerprint density at radius 1 is 0.912 bits per heavy atom. The van der Waals surface area contributed by atoms with Gasteiger partial charge in [-0.2, -0.15) is 0 Å². The number of benzene rings is 3. The summed E-state index contributed by atoms with van der Waals surface area (Å²) >= 11 is 6.39. The summed E-state index contributed by atoms with van der Waals surface area (Å²) in [6.07, 6.45) is 2.76. The van der Waals surface area contributed by atoms with Gasteiger partial charge in [-0.3, -0.25) is 0 Å². The number of fused-ring (bicyclic) bond motifs is 1. The first-order chi connectivity index (χ1) is 16.6. The van der Waals surface area contributed by atoms with E-state index in [4.69, 9.17) is 21.3 Å². The Labute approximate surface area is 204 Å². The molecule has 5 aromatic rings. The zero-order valence-corrected chi connectivity index (χ0v) is 20.0. The lowest BCUT2D eigenvalue weighted by atomic mass is 9.97. The average molecular weight is 468 g/mol. The van der Waals surface area contributed by atoms with Crippen LogP contribution in [-0.4, -0.2) is 15.0 Å². The summed E-state index contributed by atoms with van der Waals surface area (Å²) in [4.78, 5) is 12.9. The van der Waals surface area contributed by atoms with Crippen LogP contribution >= 0.6 is 11.6 Å². The molecule has 1 N–H and O–H groups in total. The third-order valence-corrected chi connectivity index (χ3v) is 6.06. The smallest absolute Gasteiger partial charge is 0.157 e. The molecular formula is C29H26ClN3O. The first-order valence-electron chi connectivity index (χ1n) is 11.5. The molecule has 34 heavy (non-hydrogen) atoms. The van der Waals surface area contributed by atoms with Crippen molar-refractivity contribution in [3.8, 4) is 28.3 Å². The zero-order chi connectivity index (χ0) is 23.5. The van der Waals surface area contributed by atoms with Crippen LogP contribution in [0.15, 0.2) is 85.1 Å². The van der Waals surface area contributed by atoms with Crippen LogP contribution in [0.3, 0.4) is 0 Å². The first-order valence-corrected chi connectivity index (χ1v) is 11.9. The van der Waals surface area contributed by atoms with Gasteiger partial charge < -0.3 is 9.72 Å². The predicted molar refractivity (Wildman–Crippen MR) is 139 cm³/mol. The maximum atomic E-state index is 6.39. The minimum atomic E-state index is 0.498. The van der Waals surface area contributed by atoms with Gasteiger partial charge in [-0.1, -0.05) is 74.0 Å². The number of aromatic nitrogens is 3. The monoisotopic (exact) mass is 467 g/mol. The summed E-state index contributed by atoms with van der Waals surface area (Å²) in [5, 5.41) is 0.699. The van der Waals surface area contributed by atoms with Crippen molar-refractivity contribution < 1.29 is 4.74 Å². The van der Waals surface area contributed by atoms with Gasteiger partial charge in [0.25, 0.3) is 0 Å². The average Bonchev–Trinajstić information content (AvgIpc) is 3.26. The standard InChI is InChI=1S/C29H26ClN3O/c1-19(2)14-21-15-23(34-18-20-8-4-3-5-9-20)12-13-25(21)28-32-27-16-22(17-31-29(27)33-28)24-10-6-7-11-26(24)30/h3-13,15-17,19H,14,18H2,1-2H3,(H,31,32,33). The molecular weight excluding hydrogens is 442 g/mol. The van der Waals surface area contributed by atoms with Crippen LogP contribution in [0.2, 0.25) is 5.02 Å². The molecule has 5 rings (SSSR count). The van der Waals surface area contributed by atoms with Crippen LogP contribution in [0, 0.1) is 5.92 Å². The Bertz CT molecular complexity index is 1430. The quantitative estimate of drug-likeness (QED) is 0.266. The van der Waals surface area contributed by atoms with Crippen molar-refractivity contribution in [2.75, 3.05) is 0 Å². The second-order valence-corrected chi connectivity index (χ2v) is 9.26. The second kappa shape index (κ2) is 9.70. The van der Waals surface area contributed by atoms with Crippen LogP contribution in [-0.2, 0) is 13.0 Å². The SMILES string of the molecule is CC(C)Cc1cc(OCc2ccccc2)ccc1-c1nc2cc(-c3ccccc3Cl)cnc2[nH]1. The van der Waals surface area contributed by atoms with E-state index in [0.29, 0.717) is 17.5 Å². The van der Waals surface area contributed by atoms with Crippen LogP contribution in [0.25, 0.3) is 33.7 Å². The van der Waals surface area contributed by atoms with E-state index in [0.717, 1.165) is 51.4 Å². The maximum Gasteiger partial charge on any atom is 0.157 e. The molecule has 0 fully saturated rings. The van der Waals surface area contributed by atoms with Crippen molar-refractivity contribution in [1.82, 2.24) is 15.0 Å². The predicted octanol–water partition coefficient (Wildman–Crippen LogP) is 7.72. The molecule has 0 spiro atoms. The van der Waals surface area contributed by atoms with Crippen molar-refractivity contribution in [2.45, 2.75) is 26.9 Å². The fraction of sp³-hybridized carbons (Fsp3) is 0.172. The van der Waals surface area contributed by atoms with Gasteiger partial charge in [-0.05, 0) is 53.8 Å². The molecule has 5 heteroatoms. The minimum absolute atomic E-state index is 0.498. The minimum Gasteiger partial charge on any atom is -0.489 e. The van der Waals surface area contributed by atoms with E-state index in [9.17, 15) is 0 Å². The molecule has 0 aliphatic heterocycles. The highest BCUT2D eigenvalue weighted by molar-refractivity contribution is 6.33. The third kappa shape index (κ3) is 4.82. The molecule has 0 bridgehead atoms. The lowest BCUT2D eigenvalue weighted by Gasteiger charge is -2.13. The number of halogens is 1. The molecule has 0 saturated carbocycles. The molecule has 2 aromatic heterocycles. The third-order valence-electron chi connectivity index (χ3n) is 5.73. The van der Waals surface area contributed by atoms with Crippen LogP contribution in [0.4, 0.5) is 0 Å². The van der Waals surface area contributed by atoms with E-state index >= 15 is 0 Å². The molecule has 0 saturated heterocycles. The summed E-state index contributed by atoms with van der Waals surface area (Å²) in [6.45, 7) is 4.98. The van der Waals surface area contributed by atoms with Gasteiger partial charge in [0.05, 0.1) is 0 Å². The number of hydrogen-bond donors (Lipinski definition) is 1. The molecule has 0 radical (unpaired) electrons. The number of nitrogens with one attached hydrogen (secondary N) is 1. The zero-order valence-electron chi connectivity index (χ0n) is 19.3. The molecule has 0 aliphatic rings. The fourth-order valence-electron chi connectivity index (χ4n) is 4.11. The Hall–Kier alpha value is -3.63. The van der Waals surface area contributed by atoms with Crippen molar-refractivity contribution >= 4 is 22.8 Å². The summed E-state index contributed by atoms with van der Waals surface area (Å²) in [6, 6.07) is 26.2. The summed E-state index contributed by atoms with van der Waals surface area (Å²) in [5.74, 6) is 2.17. The highest BCUT2D eigenvalue weighted by Gasteiger charge is 2.14. The van der Waals surface area contributed by atoms with Gasteiger partial charge in [0.1, 0.15) is 23.7 Å². The molecule has 0 unspecified atom stereocenters. The van der Waals surface area contributed by atoms with Crippen molar-refractivity contribution in [1.29, 1.82) is 0 Å². The van der Waals surface area contributed by atoms with E-state index in [-0.39, 0.29) is 0 Å². The number of imidazole rings is 1. The Balaban J connectivity index is 1.47. The van der Waals surface area contributed by atoms with E-state index in [1.165, 1.54) is 5.56 Å². The highest BCUT2D eigenvalue weighted by Crippen LogP contribution is 2.32. The molecule has 0 amide bonds. The Morgan fingerprint density at radius 3 is 2.50 bits per heavy atom. The van der Waals surface area contributed by atoms with Crippen molar-refractivity contribution in [3.05, 3.63) is 101 Å². The Kier molecular flexibility index (Phi) is 6.33. The topological polar surface area (TPSA) is 50.8 Å². The van der Waals surface area contributed by atoms with Gasteiger partial charge in [-0.15, -0.1) is 0 Å². The fourth-order valence-corrected chi connectivity index (χ4v) is 4.35. The van der Waals surface area contributed by atoms with Gasteiger partial charge in [0.15, 0.2) is 5.65 Å². The maximum absolute atomic E-state index is 6.39. The van der Waals surface area contributed by atoms with Gasteiger partial charge in [0.2, 0.25) is 0 Å². The van der Waals surface area contributed by atoms with E-state index in [1.54, 1.807) is 0 Å². The molecule has 170 valence electrons. The van der Waals surface area contributed by atoms with Gasteiger partial charge in [0, 0.05) is 27.9 Å². The molecule has 3 aromatic carbocycles. The highest BCUT2D eigenvalue weighted by atomic mass is 35.5. The van der Waals surface area contributed by atoms with E-state index in [2.05, 4.69) is 48.1 Å². The molecule has 0 atom stereocenters. The second-order valence-electron chi connectivity index (χ2n) is 8.85. The summed E-state index contributed by atoms with van der Waals surface area (Å²) < 4.78 is 6.08. The number of hydrogen-bond acceptors (Lipinski definition) is 3.